The second-order valence-electron chi connectivity index (χ2n) is 13.1. The predicted molar refractivity (Wildman–Crippen MR) is 215 cm³/mol. The van der Waals surface area contributed by atoms with Gasteiger partial charge in [-0.1, -0.05) is 158 Å². The van der Waals surface area contributed by atoms with Gasteiger partial charge in [0.1, 0.15) is 5.65 Å². The molecule has 0 fully saturated rings. The molecule has 0 aliphatic rings. The average Bonchev–Trinajstić information content (AvgIpc) is 3.74. The molecule has 0 aliphatic heterocycles. The van der Waals surface area contributed by atoms with Crippen molar-refractivity contribution in [3.8, 4) is 61.8 Å². The van der Waals surface area contributed by atoms with Gasteiger partial charge in [0.15, 0.2) is 5.82 Å². The first-order chi connectivity index (χ1) is 25.8. The van der Waals surface area contributed by atoms with Gasteiger partial charge in [-0.25, -0.2) is 9.97 Å². The molecule has 52 heavy (non-hydrogen) atoms. The average molecular weight is 665 g/mol. The van der Waals surface area contributed by atoms with E-state index in [4.69, 9.17) is 9.97 Å². The topological polar surface area (TPSA) is 35.1 Å². The van der Waals surface area contributed by atoms with Crippen LogP contribution < -0.4 is 0 Å². The van der Waals surface area contributed by atoms with Crippen molar-refractivity contribution in [3.63, 3.8) is 0 Å². The van der Waals surface area contributed by atoms with Gasteiger partial charge in [0.2, 0.25) is 0 Å². The summed E-state index contributed by atoms with van der Waals surface area (Å²) < 4.78 is 4.82. The third-order valence-electron chi connectivity index (χ3n) is 9.95. The monoisotopic (exact) mass is 664 g/mol. The molecule has 7 aromatic carbocycles. The molecule has 4 heteroatoms. The maximum Gasteiger partial charge on any atom is 0.160 e. The van der Waals surface area contributed by atoms with E-state index >= 15 is 0 Å². The molecule has 0 saturated carbocycles. The lowest BCUT2D eigenvalue weighted by molar-refractivity contribution is 1.15. The van der Waals surface area contributed by atoms with E-state index in [0.717, 1.165) is 50.7 Å². The van der Waals surface area contributed by atoms with Gasteiger partial charge >= 0.3 is 0 Å². The molecule has 3 heterocycles. The van der Waals surface area contributed by atoms with Gasteiger partial charge in [-0.05, 0) is 53.1 Å². The smallest absolute Gasteiger partial charge is 0.160 e. The summed E-state index contributed by atoms with van der Waals surface area (Å²) in [6.07, 6.45) is 0. The van der Waals surface area contributed by atoms with E-state index in [9.17, 15) is 0 Å². The molecular weight excluding hydrogens is 633 g/mol. The zero-order chi connectivity index (χ0) is 34.4. The Bertz CT molecular complexity index is 2790. The Kier molecular flexibility index (Phi) is 7.10. The molecule has 0 unspecified atom stereocenters. The van der Waals surface area contributed by atoms with Crippen LogP contribution in [0.4, 0.5) is 0 Å². The highest BCUT2D eigenvalue weighted by Crippen LogP contribution is 2.41. The van der Waals surface area contributed by atoms with Crippen LogP contribution in [0.1, 0.15) is 0 Å². The molecule has 0 N–H and O–H groups in total. The molecule has 244 valence electrons. The fourth-order valence-corrected chi connectivity index (χ4v) is 7.49. The number of hydrogen-bond donors (Lipinski definition) is 0. The molecule has 4 nitrogen and oxygen atoms in total. The van der Waals surface area contributed by atoms with Crippen LogP contribution in [0.25, 0.3) is 89.4 Å². The quantitative estimate of drug-likeness (QED) is 0.177. The fourth-order valence-electron chi connectivity index (χ4n) is 7.49. The zero-order valence-corrected chi connectivity index (χ0v) is 28.3. The maximum absolute atomic E-state index is 5.02. The first-order valence-corrected chi connectivity index (χ1v) is 17.6. The SMILES string of the molecule is c1ccc(-c2cc(-c3ccc(-c4ccc(-c5c6ccccc6n6c7ccccc7n(-c7ccccc7)c56)cc4)cc3)nc(-c3ccccc3)n2)cc1. The first-order valence-electron chi connectivity index (χ1n) is 17.6. The van der Waals surface area contributed by atoms with E-state index < -0.39 is 0 Å². The van der Waals surface area contributed by atoms with Crippen molar-refractivity contribution < 1.29 is 0 Å². The highest BCUT2D eigenvalue weighted by molar-refractivity contribution is 6.09. The summed E-state index contributed by atoms with van der Waals surface area (Å²) in [5, 5.41) is 1.24. The Morgan fingerprint density at radius 1 is 0.346 bits per heavy atom. The summed E-state index contributed by atoms with van der Waals surface area (Å²) in [7, 11) is 0. The molecule has 0 saturated heterocycles. The molecule has 0 atom stereocenters. The van der Waals surface area contributed by atoms with Crippen LogP contribution >= 0.6 is 0 Å². The molecule has 10 rings (SSSR count). The van der Waals surface area contributed by atoms with Crippen LogP contribution in [-0.2, 0) is 0 Å². The molecule has 0 amide bonds. The van der Waals surface area contributed by atoms with Crippen molar-refractivity contribution in [1.82, 2.24) is 18.9 Å². The number of benzene rings is 7. The second kappa shape index (κ2) is 12.4. The highest BCUT2D eigenvalue weighted by Gasteiger charge is 2.22. The van der Waals surface area contributed by atoms with Gasteiger partial charge in [0.05, 0.1) is 27.9 Å². The molecule has 0 radical (unpaired) electrons. The van der Waals surface area contributed by atoms with Crippen LogP contribution in [0.2, 0.25) is 0 Å². The number of fused-ring (bicyclic) bond motifs is 5. The minimum Gasteiger partial charge on any atom is -0.293 e. The number of imidazole rings is 1. The van der Waals surface area contributed by atoms with Crippen molar-refractivity contribution in [2.45, 2.75) is 0 Å². The van der Waals surface area contributed by atoms with Crippen molar-refractivity contribution in [2.24, 2.45) is 0 Å². The maximum atomic E-state index is 5.02. The fraction of sp³-hybridized carbons (Fsp3) is 0. The molecule has 0 bridgehead atoms. The lowest BCUT2D eigenvalue weighted by Crippen LogP contribution is -1.95. The van der Waals surface area contributed by atoms with E-state index in [-0.39, 0.29) is 0 Å². The Labute approximate surface area is 301 Å². The van der Waals surface area contributed by atoms with Crippen molar-refractivity contribution >= 4 is 27.6 Å². The van der Waals surface area contributed by atoms with E-state index in [1.807, 2.05) is 36.4 Å². The molecule has 0 spiro atoms. The summed E-state index contributed by atoms with van der Waals surface area (Å²) in [6, 6.07) is 68.4. The largest absolute Gasteiger partial charge is 0.293 e. The van der Waals surface area contributed by atoms with Crippen LogP contribution in [0.15, 0.2) is 194 Å². The normalized spacial score (nSPS) is 11.5. The van der Waals surface area contributed by atoms with E-state index in [1.54, 1.807) is 0 Å². The Morgan fingerprint density at radius 2 is 0.808 bits per heavy atom. The third-order valence-corrected chi connectivity index (χ3v) is 9.95. The highest BCUT2D eigenvalue weighted by atomic mass is 15.1. The van der Waals surface area contributed by atoms with Crippen molar-refractivity contribution in [2.75, 3.05) is 0 Å². The van der Waals surface area contributed by atoms with Crippen LogP contribution in [0, 0.1) is 0 Å². The van der Waals surface area contributed by atoms with Crippen LogP contribution in [-0.4, -0.2) is 18.9 Å². The van der Waals surface area contributed by atoms with E-state index in [2.05, 4.69) is 167 Å². The van der Waals surface area contributed by atoms with Gasteiger partial charge in [-0.15, -0.1) is 0 Å². The summed E-state index contributed by atoms with van der Waals surface area (Å²) >= 11 is 0. The summed E-state index contributed by atoms with van der Waals surface area (Å²) in [6.45, 7) is 0. The lowest BCUT2D eigenvalue weighted by atomic mass is 9.98. The van der Waals surface area contributed by atoms with Gasteiger partial charge in [0.25, 0.3) is 0 Å². The predicted octanol–water partition coefficient (Wildman–Crippen LogP) is 12.2. The molecule has 10 aromatic rings. The van der Waals surface area contributed by atoms with Gasteiger partial charge in [-0.3, -0.25) is 8.97 Å². The van der Waals surface area contributed by atoms with Crippen LogP contribution in [0.3, 0.4) is 0 Å². The number of hydrogen-bond acceptors (Lipinski definition) is 2. The van der Waals surface area contributed by atoms with Gasteiger partial charge in [-0.2, -0.15) is 0 Å². The summed E-state index contributed by atoms with van der Waals surface area (Å²) in [5.74, 6) is 0.718. The Morgan fingerprint density at radius 3 is 1.44 bits per heavy atom. The Hall–Kier alpha value is -7.04. The standard InChI is InChI=1S/C48H32N4/c1-4-14-35(15-5-1)41-32-42(50-47(49-41)38-16-6-2-7-17-38)36-28-24-33(25-29-36)34-26-30-37(31-27-34)46-40-20-10-11-21-43(40)52-45-23-13-12-22-44(45)51(48(46)52)39-18-8-3-9-19-39/h1-32H. The van der Waals surface area contributed by atoms with Gasteiger partial charge in [0, 0.05) is 33.3 Å². The van der Waals surface area contributed by atoms with Crippen molar-refractivity contribution in [1.29, 1.82) is 0 Å². The summed E-state index contributed by atoms with van der Waals surface area (Å²) in [5.41, 5.74) is 15.5. The number of nitrogens with zero attached hydrogens (tertiary/aromatic N) is 4. The third kappa shape index (κ3) is 5.00. The Balaban J connectivity index is 1.05. The molecule has 3 aromatic heterocycles. The zero-order valence-electron chi connectivity index (χ0n) is 28.3. The first kappa shape index (κ1) is 29.8. The minimum atomic E-state index is 0.718. The number of aromatic nitrogens is 4. The lowest BCUT2D eigenvalue weighted by Gasteiger charge is -2.11. The van der Waals surface area contributed by atoms with Crippen molar-refractivity contribution in [3.05, 3.63) is 194 Å². The summed E-state index contributed by atoms with van der Waals surface area (Å²) in [4.78, 5) is 9.97. The number of rotatable bonds is 6. The molecular formula is C48H32N4. The minimum absolute atomic E-state index is 0.718. The van der Waals surface area contributed by atoms with Gasteiger partial charge < -0.3 is 0 Å². The van der Waals surface area contributed by atoms with E-state index in [0.29, 0.717) is 0 Å². The van der Waals surface area contributed by atoms with E-state index in [1.165, 1.54) is 38.7 Å². The second-order valence-corrected chi connectivity index (χ2v) is 13.1. The van der Waals surface area contributed by atoms with Crippen LogP contribution in [0.5, 0.6) is 0 Å². The number of para-hydroxylation sites is 4. The molecule has 0 aliphatic carbocycles.